The van der Waals surface area contributed by atoms with E-state index in [2.05, 4.69) is 55.9 Å². The Labute approximate surface area is 208 Å². The molecule has 2 atom stereocenters. The number of aryl methyl sites for hydroxylation is 2. The summed E-state index contributed by atoms with van der Waals surface area (Å²) in [6.45, 7) is 2.09. The van der Waals surface area contributed by atoms with Crippen LogP contribution in [0, 0.1) is 5.92 Å². The summed E-state index contributed by atoms with van der Waals surface area (Å²) < 4.78 is 12.7. The number of aliphatic hydroxyl groups is 1. The molecule has 0 aliphatic heterocycles. The topological polar surface area (TPSA) is 68.0 Å². The van der Waals surface area contributed by atoms with E-state index >= 15 is 0 Å². The minimum absolute atomic E-state index is 0.290. The Hall–Kier alpha value is -1.28. The normalized spacial score (nSPS) is 18.0. The molecular weight excluding hydrogens is 536 g/mol. The van der Waals surface area contributed by atoms with Gasteiger partial charge in [-0.3, -0.25) is 0 Å². The summed E-state index contributed by atoms with van der Waals surface area (Å²) in [6.07, 6.45) is 5.77. The number of fused-ring (bicyclic) bond motifs is 1. The molecule has 0 amide bonds. The third kappa shape index (κ3) is 6.19. The lowest BCUT2D eigenvalue weighted by atomic mass is 9.79. The second kappa shape index (κ2) is 11.7. The van der Waals surface area contributed by atoms with Crippen LogP contribution in [0.1, 0.15) is 48.5 Å². The summed E-state index contributed by atoms with van der Waals surface area (Å²) in [4.78, 5) is 2.39. The van der Waals surface area contributed by atoms with Crippen LogP contribution >= 0.6 is 31.9 Å². The molecule has 3 rings (SSSR count). The molecule has 7 heteroatoms. The zero-order chi connectivity index (χ0) is 23.3. The number of hydrogen-bond acceptors (Lipinski definition) is 5. The molecule has 1 aliphatic carbocycles. The molecule has 0 saturated heterocycles. The number of nitrogens with zero attached hydrogens (tertiary/aromatic N) is 1. The van der Waals surface area contributed by atoms with Crippen molar-refractivity contribution in [3.05, 3.63) is 49.9 Å². The van der Waals surface area contributed by atoms with Crippen LogP contribution in [0.2, 0.25) is 0 Å². The summed E-state index contributed by atoms with van der Waals surface area (Å²) >= 11 is 7.04. The van der Waals surface area contributed by atoms with E-state index in [0.29, 0.717) is 11.7 Å². The Kier molecular flexibility index (Phi) is 9.29. The predicted octanol–water partition coefficient (Wildman–Crippen LogP) is 5.75. The fourth-order valence-electron chi connectivity index (χ4n) is 4.55. The molecule has 0 saturated carbocycles. The van der Waals surface area contributed by atoms with Crippen LogP contribution in [0.3, 0.4) is 0 Å². The van der Waals surface area contributed by atoms with Crippen molar-refractivity contribution < 1.29 is 14.6 Å². The Balaban J connectivity index is 1.44. The van der Waals surface area contributed by atoms with Gasteiger partial charge in [0, 0.05) is 8.95 Å². The second-order valence-electron chi connectivity index (χ2n) is 8.67. The molecule has 0 fully saturated rings. The first-order valence-corrected chi connectivity index (χ1v) is 12.8. The highest BCUT2D eigenvalue weighted by molar-refractivity contribution is 9.11. The van der Waals surface area contributed by atoms with E-state index in [0.717, 1.165) is 77.6 Å². The summed E-state index contributed by atoms with van der Waals surface area (Å²) in [5.41, 5.74) is 10.2. The summed E-state index contributed by atoms with van der Waals surface area (Å²) in [5.74, 6) is 1.71. The van der Waals surface area contributed by atoms with Gasteiger partial charge in [0.2, 0.25) is 0 Å². The van der Waals surface area contributed by atoms with Crippen molar-refractivity contribution >= 4 is 37.5 Å². The number of benzene rings is 2. The maximum atomic E-state index is 11.0. The van der Waals surface area contributed by atoms with Gasteiger partial charge in [0.05, 0.1) is 26.0 Å². The lowest BCUT2D eigenvalue weighted by Gasteiger charge is -2.31. The molecule has 1 aliphatic rings. The minimum atomic E-state index is -0.439. The number of methoxy groups -OCH3 is 2. The van der Waals surface area contributed by atoms with E-state index in [1.165, 1.54) is 11.1 Å². The molecule has 3 N–H and O–H groups in total. The van der Waals surface area contributed by atoms with Crippen molar-refractivity contribution in [2.45, 2.75) is 44.6 Å². The van der Waals surface area contributed by atoms with Gasteiger partial charge in [0.15, 0.2) is 11.5 Å². The van der Waals surface area contributed by atoms with Gasteiger partial charge in [-0.15, -0.1) is 0 Å². The van der Waals surface area contributed by atoms with E-state index in [-0.39, 0.29) is 0 Å². The molecule has 0 radical (unpaired) electrons. The van der Waals surface area contributed by atoms with E-state index in [1.54, 1.807) is 14.2 Å². The van der Waals surface area contributed by atoms with Gasteiger partial charge in [0.1, 0.15) is 0 Å². The quantitative estimate of drug-likeness (QED) is 0.356. The zero-order valence-corrected chi connectivity index (χ0v) is 22.3. The molecule has 2 unspecified atom stereocenters. The number of rotatable bonds is 10. The second-order valence-corrected chi connectivity index (χ2v) is 10.4. The smallest absolute Gasteiger partial charge is 0.161 e. The average molecular weight is 570 g/mol. The molecule has 2 aromatic rings. The van der Waals surface area contributed by atoms with Crippen molar-refractivity contribution in [2.75, 3.05) is 40.1 Å². The Morgan fingerprint density at radius 3 is 2.31 bits per heavy atom. The zero-order valence-electron chi connectivity index (χ0n) is 19.2. The molecule has 0 aromatic heterocycles. The fraction of sp³-hybridized carbons (Fsp3) is 0.520. The highest BCUT2D eigenvalue weighted by Gasteiger charge is 2.29. The maximum Gasteiger partial charge on any atom is 0.161 e. The number of nitrogens with two attached hydrogens (primary N) is 1. The van der Waals surface area contributed by atoms with Crippen LogP contribution in [0.5, 0.6) is 11.5 Å². The highest BCUT2D eigenvalue weighted by Crippen LogP contribution is 2.42. The van der Waals surface area contributed by atoms with Gasteiger partial charge < -0.3 is 25.2 Å². The van der Waals surface area contributed by atoms with Crippen LogP contribution in [0.15, 0.2) is 33.2 Å². The first-order valence-electron chi connectivity index (χ1n) is 11.2. The maximum absolute atomic E-state index is 11.0. The standard InChI is InChI=1S/C25H34Br2N2O3/c1-29(10-4-6-16-12-20(26)24(28)21(27)13-16)11-5-7-17-8-9-18-14-22(31-2)23(32-3)15-19(18)25(17)30/h12-15,17,25,30H,4-11,28H2,1-3H3. The first kappa shape index (κ1) is 25.3. The SMILES string of the molecule is COc1cc2c(cc1OC)C(O)C(CCCN(C)CCCc1cc(Br)c(N)c(Br)c1)CC2. The largest absolute Gasteiger partial charge is 0.493 e. The van der Waals surface area contributed by atoms with Crippen LogP contribution < -0.4 is 15.2 Å². The van der Waals surface area contributed by atoms with Gasteiger partial charge in [-0.05, 0) is 137 Å². The molecule has 5 nitrogen and oxygen atoms in total. The lowest BCUT2D eigenvalue weighted by Crippen LogP contribution is -2.24. The van der Waals surface area contributed by atoms with Gasteiger partial charge in [-0.25, -0.2) is 0 Å². The van der Waals surface area contributed by atoms with Crippen molar-refractivity contribution in [3.8, 4) is 11.5 Å². The Bertz CT molecular complexity index is 899. The molecular formula is C25H34Br2N2O3. The minimum Gasteiger partial charge on any atom is -0.493 e. The number of anilines is 1. The first-order chi connectivity index (χ1) is 15.3. The van der Waals surface area contributed by atoms with E-state index in [4.69, 9.17) is 15.2 Å². The third-order valence-corrected chi connectivity index (χ3v) is 7.77. The number of nitrogen functional groups attached to an aromatic ring is 1. The molecule has 2 aromatic carbocycles. The Morgan fingerprint density at radius 2 is 1.66 bits per heavy atom. The van der Waals surface area contributed by atoms with E-state index in [9.17, 15) is 5.11 Å². The molecule has 0 bridgehead atoms. The van der Waals surface area contributed by atoms with E-state index < -0.39 is 6.10 Å². The van der Waals surface area contributed by atoms with Gasteiger partial charge in [0.25, 0.3) is 0 Å². The molecule has 0 spiro atoms. The average Bonchev–Trinajstić information content (AvgIpc) is 2.78. The van der Waals surface area contributed by atoms with Gasteiger partial charge >= 0.3 is 0 Å². The molecule has 0 heterocycles. The van der Waals surface area contributed by atoms with Gasteiger partial charge in [-0.2, -0.15) is 0 Å². The van der Waals surface area contributed by atoms with Crippen LogP contribution in [0.25, 0.3) is 0 Å². The van der Waals surface area contributed by atoms with Crippen molar-refractivity contribution in [1.82, 2.24) is 4.90 Å². The number of aliphatic hydroxyl groups excluding tert-OH is 1. The molecule has 32 heavy (non-hydrogen) atoms. The van der Waals surface area contributed by atoms with Crippen LogP contribution in [-0.4, -0.2) is 44.4 Å². The van der Waals surface area contributed by atoms with Crippen molar-refractivity contribution in [1.29, 1.82) is 0 Å². The van der Waals surface area contributed by atoms with Crippen molar-refractivity contribution in [2.24, 2.45) is 5.92 Å². The lowest BCUT2D eigenvalue weighted by molar-refractivity contribution is 0.0850. The summed E-state index contributed by atoms with van der Waals surface area (Å²) in [7, 11) is 5.46. The summed E-state index contributed by atoms with van der Waals surface area (Å²) in [5, 5.41) is 11.0. The third-order valence-electron chi connectivity index (χ3n) is 6.45. The van der Waals surface area contributed by atoms with Crippen molar-refractivity contribution in [3.63, 3.8) is 0 Å². The van der Waals surface area contributed by atoms with Crippen LogP contribution in [-0.2, 0) is 12.8 Å². The van der Waals surface area contributed by atoms with Crippen LogP contribution in [0.4, 0.5) is 5.69 Å². The molecule has 176 valence electrons. The monoisotopic (exact) mass is 568 g/mol. The number of hydrogen-bond donors (Lipinski definition) is 2. The number of ether oxygens (including phenoxy) is 2. The Morgan fingerprint density at radius 1 is 1.03 bits per heavy atom. The highest BCUT2D eigenvalue weighted by atomic mass is 79.9. The predicted molar refractivity (Wildman–Crippen MR) is 138 cm³/mol. The van der Waals surface area contributed by atoms with Gasteiger partial charge in [-0.1, -0.05) is 0 Å². The van der Waals surface area contributed by atoms with E-state index in [1.807, 2.05) is 12.1 Å². The summed E-state index contributed by atoms with van der Waals surface area (Å²) in [6, 6.07) is 8.17. The fourth-order valence-corrected chi connectivity index (χ4v) is 5.83. The number of halogens is 2.